The summed E-state index contributed by atoms with van der Waals surface area (Å²) in [6.07, 6.45) is 0. The standard InChI is InChI=1S/C22H27F2N3O4S/c1-5-27(6-2)32(30,31)17-9-7-8-15(12-17)21(28)26-20(14(3)4)22(29)25-16-10-11-18(23)19(24)13-16/h7-14,20H,5-6H2,1-4H3,(H,25,29)(H,26,28). The van der Waals surface area contributed by atoms with Gasteiger partial charge < -0.3 is 10.6 Å². The number of hydrogen-bond acceptors (Lipinski definition) is 4. The molecule has 174 valence electrons. The van der Waals surface area contributed by atoms with Crippen molar-refractivity contribution in [2.75, 3.05) is 18.4 Å². The number of nitrogens with zero attached hydrogens (tertiary/aromatic N) is 1. The lowest BCUT2D eigenvalue weighted by molar-refractivity contribution is -0.118. The van der Waals surface area contributed by atoms with Crippen LogP contribution in [0.2, 0.25) is 0 Å². The number of halogens is 2. The number of sulfonamides is 1. The van der Waals surface area contributed by atoms with Gasteiger partial charge in [0.1, 0.15) is 6.04 Å². The quantitative estimate of drug-likeness (QED) is 0.591. The molecule has 0 bridgehead atoms. The molecule has 0 aliphatic rings. The van der Waals surface area contributed by atoms with Crippen LogP contribution >= 0.6 is 0 Å². The van der Waals surface area contributed by atoms with Gasteiger partial charge in [0.2, 0.25) is 15.9 Å². The molecule has 0 spiro atoms. The van der Waals surface area contributed by atoms with Crippen LogP contribution in [0.15, 0.2) is 47.4 Å². The van der Waals surface area contributed by atoms with Gasteiger partial charge in [0.25, 0.3) is 5.91 Å². The molecule has 32 heavy (non-hydrogen) atoms. The van der Waals surface area contributed by atoms with Crippen LogP contribution in [0.3, 0.4) is 0 Å². The molecule has 7 nitrogen and oxygen atoms in total. The van der Waals surface area contributed by atoms with Crippen LogP contribution in [0.1, 0.15) is 38.1 Å². The number of amides is 2. The number of nitrogens with one attached hydrogen (secondary N) is 2. The summed E-state index contributed by atoms with van der Waals surface area (Å²) in [6, 6.07) is 7.49. The molecule has 0 aromatic heterocycles. The topological polar surface area (TPSA) is 95.6 Å². The lowest BCUT2D eigenvalue weighted by Crippen LogP contribution is -2.47. The first kappa shape index (κ1) is 25.4. The Morgan fingerprint density at radius 1 is 1.00 bits per heavy atom. The molecule has 2 rings (SSSR count). The van der Waals surface area contributed by atoms with Gasteiger partial charge in [0.05, 0.1) is 4.90 Å². The van der Waals surface area contributed by atoms with E-state index in [1.54, 1.807) is 27.7 Å². The normalized spacial score (nSPS) is 12.6. The van der Waals surface area contributed by atoms with Crippen LogP contribution in [-0.2, 0) is 14.8 Å². The van der Waals surface area contributed by atoms with Crippen LogP contribution in [0.4, 0.5) is 14.5 Å². The van der Waals surface area contributed by atoms with E-state index in [-0.39, 0.29) is 35.2 Å². The highest BCUT2D eigenvalue weighted by molar-refractivity contribution is 7.89. The van der Waals surface area contributed by atoms with Crippen LogP contribution in [0.25, 0.3) is 0 Å². The first-order valence-corrected chi connectivity index (χ1v) is 11.6. The van der Waals surface area contributed by atoms with Crippen LogP contribution in [0, 0.1) is 17.6 Å². The van der Waals surface area contributed by atoms with Crippen molar-refractivity contribution in [3.63, 3.8) is 0 Å². The third-order valence-corrected chi connectivity index (χ3v) is 6.91. The van der Waals surface area contributed by atoms with Gasteiger partial charge in [-0.2, -0.15) is 4.31 Å². The molecule has 2 aromatic rings. The Labute approximate surface area is 186 Å². The van der Waals surface area contributed by atoms with Gasteiger partial charge in [-0.15, -0.1) is 0 Å². The second-order valence-electron chi connectivity index (χ2n) is 7.43. The van der Waals surface area contributed by atoms with E-state index in [0.717, 1.165) is 12.1 Å². The van der Waals surface area contributed by atoms with Crippen LogP contribution < -0.4 is 10.6 Å². The van der Waals surface area contributed by atoms with Gasteiger partial charge in [-0.25, -0.2) is 17.2 Å². The van der Waals surface area contributed by atoms with E-state index in [4.69, 9.17) is 0 Å². The van der Waals surface area contributed by atoms with Crippen LogP contribution in [0.5, 0.6) is 0 Å². The van der Waals surface area contributed by atoms with Crippen molar-refractivity contribution in [2.24, 2.45) is 5.92 Å². The molecule has 0 aliphatic heterocycles. The third-order valence-electron chi connectivity index (χ3n) is 4.86. The first-order valence-electron chi connectivity index (χ1n) is 10.2. The van der Waals surface area contributed by atoms with Gasteiger partial charge in [-0.05, 0) is 36.2 Å². The molecule has 2 aromatic carbocycles. The Morgan fingerprint density at radius 3 is 2.22 bits per heavy atom. The Bertz CT molecular complexity index is 1090. The van der Waals surface area contributed by atoms with E-state index >= 15 is 0 Å². The summed E-state index contributed by atoms with van der Waals surface area (Å²) in [5.41, 5.74) is 0.116. The summed E-state index contributed by atoms with van der Waals surface area (Å²) in [5, 5.41) is 5.04. The largest absolute Gasteiger partial charge is 0.340 e. The molecule has 10 heteroatoms. The van der Waals surface area contributed by atoms with Crippen molar-refractivity contribution in [2.45, 2.75) is 38.6 Å². The summed E-state index contributed by atoms with van der Waals surface area (Å²) in [6.45, 7) is 7.42. The van der Waals surface area contributed by atoms with Gasteiger partial charge >= 0.3 is 0 Å². The molecule has 0 radical (unpaired) electrons. The molecule has 0 saturated carbocycles. The fourth-order valence-electron chi connectivity index (χ4n) is 3.06. The first-order chi connectivity index (χ1) is 15.0. The van der Waals surface area contributed by atoms with Crippen molar-refractivity contribution in [1.82, 2.24) is 9.62 Å². The van der Waals surface area contributed by atoms with Crippen molar-refractivity contribution in [3.05, 3.63) is 59.7 Å². The average Bonchev–Trinajstić information content (AvgIpc) is 2.74. The highest BCUT2D eigenvalue weighted by Gasteiger charge is 2.27. The Hall–Kier alpha value is -2.85. The molecule has 1 atom stereocenters. The maximum absolute atomic E-state index is 13.4. The second-order valence-corrected chi connectivity index (χ2v) is 9.37. The summed E-state index contributed by atoms with van der Waals surface area (Å²) in [4.78, 5) is 25.4. The molecule has 1 unspecified atom stereocenters. The van der Waals surface area contributed by atoms with E-state index in [1.807, 2.05) is 0 Å². The maximum Gasteiger partial charge on any atom is 0.251 e. The predicted molar refractivity (Wildman–Crippen MR) is 118 cm³/mol. The van der Waals surface area contributed by atoms with E-state index in [1.165, 1.54) is 34.6 Å². The van der Waals surface area contributed by atoms with E-state index in [9.17, 15) is 26.8 Å². The summed E-state index contributed by atoms with van der Waals surface area (Å²) in [7, 11) is -3.76. The Morgan fingerprint density at radius 2 is 1.66 bits per heavy atom. The predicted octanol–water partition coefficient (Wildman–Crippen LogP) is 3.39. The fourth-order valence-corrected chi connectivity index (χ4v) is 4.57. The summed E-state index contributed by atoms with van der Waals surface area (Å²) in [5.74, 6) is -3.76. The molecule has 0 heterocycles. The van der Waals surface area contributed by atoms with Crippen molar-refractivity contribution < 1.29 is 26.8 Å². The number of rotatable bonds is 9. The number of hydrogen-bond donors (Lipinski definition) is 2. The minimum absolute atomic E-state index is 0.0267. The zero-order valence-electron chi connectivity index (χ0n) is 18.4. The van der Waals surface area contributed by atoms with Crippen LogP contribution in [-0.4, -0.2) is 43.7 Å². The van der Waals surface area contributed by atoms with E-state index < -0.39 is 39.5 Å². The molecule has 0 fully saturated rings. The third kappa shape index (κ3) is 5.89. The maximum atomic E-state index is 13.4. The van der Waals surface area contributed by atoms with Crippen molar-refractivity contribution in [1.29, 1.82) is 0 Å². The smallest absolute Gasteiger partial charge is 0.251 e. The van der Waals surface area contributed by atoms with Gasteiger partial charge in [0.15, 0.2) is 11.6 Å². The fraction of sp³-hybridized carbons (Fsp3) is 0.364. The molecular weight excluding hydrogens is 440 g/mol. The van der Waals surface area contributed by atoms with Crippen molar-refractivity contribution >= 4 is 27.5 Å². The minimum atomic E-state index is -3.76. The molecule has 2 N–H and O–H groups in total. The number of anilines is 1. The van der Waals surface area contributed by atoms with E-state index in [2.05, 4.69) is 10.6 Å². The highest BCUT2D eigenvalue weighted by atomic mass is 32.2. The highest BCUT2D eigenvalue weighted by Crippen LogP contribution is 2.18. The minimum Gasteiger partial charge on any atom is -0.340 e. The molecule has 2 amide bonds. The lowest BCUT2D eigenvalue weighted by atomic mass is 10.0. The lowest BCUT2D eigenvalue weighted by Gasteiger charge is -2.22. The van der Waals surface area contributed by atoms with Gasteiger partial charge in [-0.1, -0.05) is 33.8 Å². The summed E-state index contributed by atoms with van der Waals surface area (Å²) < 4.78 is 53.3. The van der Waals surface area contributed by atoms with Crippen molar-refractivity contribution in [3.8, 4) is 0 Å². The number of carbonyl (C=O) groups excluding carboxylic acids is 2. The molecular formula is C22H27F2N3O4S. The zero-order chi connectivity index (χ0) is 24.1. The monoisotopic (exact) mass is 467 g/mol. The number of benzene rings is 2. The summed E-state index contributed by atoms with van der Waals surface area (Å²) >= 11 is 0. The SMILES string of the molecule is CCN(CC)S(=O)(=O)c1cccc(C(=O)NC(C(=O)Nc2ccc(F)c(F)c2)C(C)C)c1. The van der Waals surface area contributed by atoms with Gasteiger partial charge in [0, 0.05) is 30.4 Å². The Kier molecular flexibility index (Phi) is 8.45. The number of carbonyl (C=O) groups is 2. The van der Waals surface area contributed by atoms with Gasteiger partial charge in [-0.3, -0.25) is 9.59 Å². The molecule has 0 saturated heterocycles. The average molecular weight is 468 g/mol. The molecule has 0 aliphatic carbocycles. The van der Waals surface area contributed by atoms with E-state index in [0.29, 0.717) is 0 Å². The Balaban J connectivity index is 2.23. The second kappa shape index (κ2) is 10.6. The zero-order valence-corrected chi connectivity index (χ0v) is 19.2.